The number of nitrogens with zero attached hydrogens (tertiary/aromatic N) is 3. The maximum Gasteiger partial charge on any atom is 0.324 e. The molecule has 0 radical (unpaired) electrons. The number of carboxylic acid groups (broad SMARTS) is 1. The lowest BCUT2D eigenvalue weighted by molar-refractivity contribution is -0.380. The van der Waals surface area contributed by atoms with Crippen molar-refractivity contribution in [1.29, 1.82) is 0 Å². The summed E-state index contributed by atoms with van der Waals surface area (Å²) in [5, 5.41) is 19.5. The first-order chi connectivity index (χ1) is 11.3. The molecular formula is C14H17N3O6S. The van der Waals surface area contributed by atoms with Crippen LogP contribution in [0.4, 0.5) is 5.00 Å². The summed E-state index contributed by atoms with van der Waals surface area (Å²) < 4.78 is 0. The topological polar surface area (TPSA) is 121 Å². The number of aliphatic carboxylic acids is 1. The van der Waals surface area contributed by atoms with Crippen LogP contribution < -0.4 is 0 Å². The molecule has 2 heterocycles. The number of piperidine rings is 1. The highest BCUT2D eigenvalue weighted by Gasteiger charge is 2.28. The van der Waals surface area contributed by atoms with Gasteiger partial charge in [0.1, 0.15) is 0 Å². The van der Waals surface area contributed by atoms with Gasteiger partial charge in [-0.3, -0.25) is 24.5 Å². The molecule has 0 saturated carbocycles. The minimum atomic E-state index is -0.853. The molecule has 0 aliphatic carbocycles. The first-order valence-corrected chi connectivity index (χ1v) is 8.11. The van der Waals surface area contributed by atoms with Crippen LogP contribution in [0.5, 0.6) is 0 Å². The van der Waals surface area contributed by atoms with Crippen LogP contribution in [0.2, 0.25) is 0 Å². The monoisotopic (exact) mass is 355 g/mol. The summed E-state index contributed by atoms with van der Waals surface area (Å²) in [6.45, 7) is 0.548. The predicted octanol–water partition coefficient (Wildman–Crippen LogP) is 1.05. The maximum absolute atomic E-state index is 12.2. The third-order valence-corrected chi connectivity index (χ3v) is 4.92. The SMILES string of the molecule is CN(CC(=O)N1CCC(C(=O)O)CC1)C(=O)c1ccc([N+](=O)[O-])s1. The number of carbonyl (C=O) groups is 3. The third-order valence-electron chi connectivity index (χ3n) is 3.90. The molecule has 1 aliphatic heterocycles. The average molecular weight is 355 g/mol. The van der Waals surface area contributed by atoms with Crippen molar-refractivity contribution in [1.82, 2.24) is 9.80 Å². The quantitative estimate of drug-likeness (QED) is 0.622. The van der Waals surface area contributed by atoms with Gasteiger partial charge in [0.05, 0.1) is 22.3 Å². The van der Waals surface area contributed by atoms with Crippen molar-refractivity contribution in [2.24, 2.45) is 5.92 Å². The van der Waals surface area contributed by atoms with Crippen LogP contribution in [0.3, 0.4) is 0 Å². The predicted molar refractivity (Wildman–Crippen MR) is 84.9 cm³/mol. The fraction of sp³-hybridized carbons (Fsp3) is 0.500. The van der Waals surface area contributed by atoms with E-state index in [9.17, 15) is 24.5 Å². The molecule has 0 spiro atoms. The molecule has 1 aromatic rings. The van der Waals surface area contributed by atoms with Gasteiger partial charge in [-0.25, -0.2) is 0 Å². The summed E-state index contributed by atoms with van der Waals surface area (Å²) in [7, 11) is 1.45. The molecule has 1 saturated heterocycles. The fourth-order valence-corrected chi connectivity index (χ4v) is 3.29. The zero-order chi connectivity index (χ0) is 17.9. The summed E-state index contributed by atoms with van der Waals surface area (Å²) in [5.41, 5.74) is 0. The number of rotatable bonds is 5. The molecule has 2 rings (SSSR count). The van der Waals surface area contributed by atoms with E-state index >= 15 is 0 Å². The standard InChI is InChI=1S/C14H17N3O6S/c1-15(13(19)10-2-3-12(24-10)17(22)23)8-11(18)16-6-4-9(5-7-16)14(20)21/h2-3,9H,4-8H2,1H3,(H,20,21). The zero-order valence-electron chi connectivity index (χ0n) is 13.0. The lowest BCUT2D eigenvalue weighted by Gasteiger charge is -2.31. The maximum atomic E-state index is 12.2. The molecule has 0 aromatic carbocycles. The van der Waals surface area contributed by atoms with Crippen LogP contribution in [-0.2, 0) is 9.59 Å². The highest BCUT2D eigenvalue weighted by Crippen LogP contribution is 2.25. The number of likely N-dealkylation sites (tertiary alicyclic amines) is 1. The number of thiophene rings is 1. The Morgan fingerprint density at radius 2 is 2.00 bits per heavy atom. The minimum Gasteiger partial charge on any atom is -0.481 e. The fourth-order valence-electron chi connectivity index (χ4n) is 2.48. The largest absolute Gasteiger partial charge is 0.481 e. The number of likely N-dealkylation sites (N-methyl/N-ethyl adjacent to an activating group) is 1. The number of nitro groups is 1. The second kappa shape index (κ2) is 7.39. The number of carbonyl (C=O) groups excluding carboxylic acids is 2. The van der Waals surface area contributed by atoms with Gasteiger partial charge in [-0.05, 0) is 18.9 Å². The van der Waals surface area contributed by atoms with Crippen molar-refractivity contribution >= 4 is 34.1 Å². The van der Waals surface area contributed by atoms with E-state index in [1.54, 1.807) is 4.90 Å². The lowest BCUT2D eigenvalue weighted by atomic mass is 9.97. The first kappa shape index (κ1) is 17.9. The normalized spacial score (nSPS) is 15.1. The van der Waals surface area contributed by atoms with Crippen LogP contribution in [0.1, 0.15) is 22.5 Å². The Balaban J connectivity index is 1.90. The Morgan fingerprint density at radius 3 is 2.50 bits per heavy atom. The Labute approximate surface area is 141 Å². The Kier molecular flexibility index (Phi) is 5.50. The van der Waals surface area contributed by atoms with Gasteiger partial charge >= 0.3 is 11.0 Å². The lowest BCUT2D eigenvalue weighted by Crippen LogP contribution is -2.45. The van der Waals surface area contributed by atoms with Crippen LogP contribution in [0, 0.1) is 16.0 Å². The molecule has 24 heavy (non-hydrogen) atoms. The molecule has 10 heteroatoms. The van der Waals surface area contributed by atoms with Gasteiger partial charge < -0.3 is 14.9 Å². The first-order valence-electron chi connectivity index (χ1n) is 7.30. The van der Waals surface area contributed by atoms with E-state index in [4.69, 9.17) is 5.11 Å². The van der Waals surface area contributed by atoms with Gasteiger partial charge in [-0.15, -0.1) is 0 Å². The molecule has 2 amide bonds. The van der Waals surface area contributed by atoms with Crippen LogP contribution >= 0.6 is 11.3 Å². The van der Waals surface area contributed by atoms with Gasteiger partial charge in [0.25, 0.3) is 5.91 Å². The van der Waals surface area contributed by atoms with Crippen molar-refractivity contribution in [3.63, 3.8) is 0 Å². The van der Waals surface area contributed by atoms with E-state index in [1.807, 2.05) is 0 Å². The molecule has 1 aromatic heterocycles. The summed E-state index contributed by atoms with van der Waals surface area (Å²) in [4.78, 5) is 48.4. The number of hydrogen-bond donors (Lipinski definition) is 1. The Bertz CT molecular complexity index is 665. The van der Waals surface area contributed by atoms with Crippen molar-refractivity contribution < 1.29 is 24.4 Å². The molecule has 130 valence electrons. The Morgan fingerprint density at radius 1 is 1.38 bits per heavy atom. The second-order valence-corrected chi connectivity index (χ2v) is 6.61. The third kappa shape index (κ3) is 4.07. The van der Waals surface area contributed by atoms with Gasteiger partial charge in [0, 0.05) is 26.2 Å². The average Bonchev–Trinajstić information content (AvgIpc) is 3.04. The zero-order valence-corrected chi connectivity index (χ0v) is 13.8. The van der Waals surface area contributed by atoms with Gasteiger partial charge in [0.15, 0.2) is 0 Å². The highest BCUT2D eigenvalue weighted by molar-refractivity contribution is 7.17. The molecular weight excluding hydrogens is 338 g/mol. The van der Waals surface area contributed by atoms with Gasteiger partial charge in [-0.2, -0.15) is 0 Å². The molecule has 0 unspecified atom stereocenters. The minimum absolute atomic E-state index is 0.131. The van der Waals surface area contributed by atoms with Crippen LogP contribution in [-0.4, -0.2) is 64.3 Å². The van der Waals surface area contributed by atoms with Crippen molar-refractivity contribution in [2.75, 3.05) is 26.7 Å². The summed E-state index contributed by atoms with van der Waals surface area (Å²) in [6, 6.07) is 2.62. The summed E-state index contributed by atoms with van der Waals surface area (Å²) in [6.07, 6.45) is 0.797. The molecule has 0 bridgehead atoms. The smallest absolute Gasteiger partial charge is 0.324 e. The van der Waals surface area contributed by atoms with Crippen molar-refractivity contribution in [3.8, 4) is 0 Å². The second-order valence-electron chi connectivity index (χ2n) is 5.55. The van der Waals surface area contributed by atoms with Gasteiger partial charge in [-0.1, -0.05) is 11.3 Å². The van der Waals surface area contributed by atoms with E-state index in [0.717, 1.165) is 11.3 Å². The van der Waals surface area contributed by atoms with Crippen molar-refractivity contribution in [3.05, 3.63) is 27.1 Å². The van der Waals surface area contributed by atoms with E-state index in [1.165, 1.54) is 24.1 Å². The molecule has 9 nitrogen and oxygen atoms in total. The van der Waals surface area contributed by atoms with E-state index in [-0.39, 0.29) is 22.3 Å². The van der Waals surface area contributed by atoms with Crippen LogP contribution in [0.25, 0.3) is 0 Å². The summed E-state index contributed by atoms with van der Waals surface area (Å²) in [5.74, 6) is -2.00. The molecule has 1 aliphatic rings. The van der Waals surface area contributed by atoms with Gasteiger partial charge in [0.2, 0.25) is 5.91 Å². The molecule has 1 N–H and O–H groups in total. The molecule has 0 atom stereocenters. The number of hydrogen-bond acceptors (Lipinski definition) is 6. The Hall–Kier alpha value is -2.49. The van der Waals surface area contributed by atoms with Crippen LogP contribution in [0.15, 0.2) is 12.1 Å². The number of amides is 2. The summed E-state index contributed by atoms with van der Waals surface area (Å²) >= 11 is 0.763. The number of carboxylic acids is 1. The molecule has 1 fully saturated rings. The van der Waals surface area contributed by atoms with E-state index in [0.29, 0.717) is 25.9 Å². The van der Waals surface area contributed by atoms with E-state index < -0.39 is 22.7 Å². The van der Waals surface area contributed by atoms with Crippen molar-refractivity contribution in [2.45, 2.75) is 12.8 Å². The van der Waals surface area contributed by atoms with E-state index in [2.05, 4.69) is 0 Å². The highest BCUT2D eigenvalue weighted by atomic mass is 32.1.